The van der Waals surface area contributed by atoms with Crippen LogP contribution in [0.15, 0.2) is 18.2 Å². The average molecular weight is 287 g/mol. The van der Waals surface area contributed by atoms with E-state index in [1.807, 2.05) is 0 Å². The molecule has 1 aromatic rings. The van der Waals surface area contributed by atoms with Gasteiger partial charge in [0.1, 0.15) is 5.82 Å². The maximum absolute atomic E-state index is 13.5. The Hall–Kier alpha value is -0.640. The van der Waals surface area contributed by atoms with Crippen LogP contribution in [0, 0.1) is 17.2 Å². The van der Waals surface area contributed by atoms with Crippen molar-refractivity contribution in [3.05, 3.63) is 34.6 Å². The summed E-state index contributed by atoms with van der Waals surface area (Å²) >= 11 is 5.98. The highest BCUT2D eigenvalue weighted by atomic mass is 35.5. The molecule has 1 fully saturated rings. The lowest BCUT2D eigenvalue weighted by molar-refractivity contribution is 0.00568. The lowest BCUT2D eigenvalue weighted by Crippen LogP contribution is -2.39. The minimum Gasteiger partial charge on any atom is -0.396 e. The van der Waals surface area contributed by atoms with Gasteiger partial charge < -0.3 is 10.2 Å². The third-order valence-electron chi connectivity index (χ3n) is 4.43. The van der Waals surface area contributed by atoms with Crippen LogP contribution < -0.4 is 0 Å². The Labute approximate surface area is 118 Å². The van der Waals surface area contributed by atoms with E-state index < -0.39 is 11.2 Å². The first-order valence-corrected chi connectivity index (χ1v) is 7.15. The molecule has 2 N–H and O–H groups in total. The monoisotopic (exact) mass is 286 g/mol. The summed E-state index contributed by atoms with van der Waals surface area (Å²) in [5.74, 6) is -0.169. The molecular weight excluding hydrogens is 267 g/mol. The molecule has 0 radical (unpaired) electrons. The SMILES string of the molecule is OCC(CO)(Cc1cccc(F)c1Cl)C1CCCC1. The number of aliphatic hydroxyl groups is 2. The lowest BCUT2D eigenvalue weighted by Gasteiger charge is -2.36. The molecule has 2 nitrogen and oxygen atoms in total. The molecule has 1 aliphatic rings. The van der Waals surface area contributed by atoms with Gasteiger partial charge in [0, 0.05) is 5.41 Å². The number of aliphatic hydroxyl groups excluding tert-OH is 2. The molecule has 1 saturated carbocycles. The molecule has 0 amide bonds. The van der Waals surface area contributed by atoms with Crippen molar-refractivity contribution < 1.29 is 14.6 Å². The molecule has 0 spiro atoms. The number of halogens is 2. The maximum atomic E-state index is 13.5. The Morgan fingerprint density at radius 3 is 2.42 bits per heavy atom. The van der Waals surface area contributed by atoms with Crippen LogP contribution in [0.25, 0.3) is 0 Å². The van der Waals surface area contributed by atoms with Gasteiger partial charge in [0.2, 0.25) is 0 Å². The Balaban J connectivity index is 2.27. The normalized spacial score (nSPS) is 17.1. The molecular formula is C15H20ClFO2. The van der Waals surface area contributed by atoms with Gasteiger partial charge in [-0.1, -0.05) is 36.6 Å². The van der Waals surface area contributed by atoms with Gasteiger partial charge in [0.05, 0.1) is 18.2 Å². The number of rotatable bonds is 5. The second-order valence-corrected chi connectivity index (χ2v) is 5.93. The van der Waals surface area contributed by atoms with E-state index in [4.69, 9.17) is 11.6 Å². The van der Waals surface area contributed by atoms with Crippen LogP contribution in [0.5, 0.6) is 0 Å². The van der Waals surface area contributed by atoms with E-state index in [1.165, 1.54) is 6.07 Å². The fraction of sp³-hybridized carbons (Fsp3) is 0.600. The predicted molar refractivity (Wildman–Crippen MR) is 73.7 cm³/mol. The Bertz CT molecular complexity index is 426. The van der Waals surface area contributed by atoms with Crippen LogP contribution in [-0.4, -0.2) is 23.4 Å². The minimum atomic E-state index is -0.589. The molecule has 1 aliphatic carbocycles. The van der Waals surface area contributed by atoms with Crippen molar-refractivity contribution in [2.75, 3.05) is 13.2 Å². The molecule has 4 heteroatoms. The summed E-state index contributed by atoms with van der Waals surface area (Å²) in [5, 5.41) is 19.6. The fourth-order valence-corrected chi connectivity index (χ4v) is 3.36. The summed E-state index contributed by atoms with van der Waals surface area (Å²) in [4.78, 5) is 0. The van der Waals surface area contributed by atoms with Gasteiger partial charge in [0.15, 0.2) is 0 Å². The molecule has 19 heavy (non-hydrogen) atoms. The number of hydrogen-bond donors (Lipinski definition) is 2. The first-order valence-electron chi connectivity index (χ1n) is 6.77. The molecule has 0 heterocycles. The average Bonchev–Trinajstić information content (AvgIpc) is 2.95. The third-order valence-corrected chi connectivity index (χ3v) is 4.85. The molecule has 0 atom stereocenters. The first-order chi connectivity index (χ1) is 9.13. The predicted octanol–water partition coefficient (Wildman–Crippen LogP) is 3.18. The minimum absolute atomic E-state index is 0.0962. The first kappa shape index (κ1) is 14.8. The van der Waals surface area contributed by atoms with Crippen LogP contribution in [-0.2, 0) is 6.42 Å². The smallest absolute Gasteiger partial charge is 0.142 e. The van der Waals surface area contributed by atoms with Crippen molar-refractivity contribution in [1.82, 2.24) is 0 Å². The fourth-order valence-electron chi connectivity index (χ4n) is 3.17. The standard InChI is InChI=1S/C15H20ClFO2/c16-14-11(4-3-7-13(14)17)8-15(9-18,10-19)12-5-1-2-6-12/h3-4,7,12,18-19H,1-2,5-6,8-10H2. The van der Waals surface area contributed by atoms with Gasteiger partial charge in [-0.05, 0) is 36.8 Å². The summed E-state index contributed by atoms with van der Waals surface area (Å²) in [6.07, 6.45) is 4.69. The summed E-state index contributed by atoms with van der Waals surface area (Å²) < 4.78 is 13.5. The Morgan fingerprint density at radius 2 is 1.84 bits per heavy atom. The largest absolute Gasteiger partial charge is 0.396 e. The second-order valence-electron chi connectivity index (χ2n) is 5.55. The second kappa shape index (κ2) is 6.21. The van der Waals surface area contributed by atoms with Gasteiger partial charge in [-0.2, -0.15) is 0 Å². The molecule has 0 aliphatic heterocycles. The number of benzene rings is 1. The van der Waals surface area contributed by atoms with Gasteiger partial charge in [0.25, 0.3) is 0 Å². The van der Waals surface area contributed by atoms with Gasteiger partial charge in [-0.3, -0.25) is 0 Å². The van der Waals surface area contributed by atoms with E-state index in [-0.39, 0.29) is 24.2 Å². The zero-order chi connectivity index (χ0) is 13.9. The molecule has 1 aromatic carbocycles. The topological polar surface area (TPSA) is 40.5 Å². The highest BCUT2D eigenvalue weighted by Gasteiger charge is 2.39. The van der Waals surface area contributed by atoms with Crippen molar-refractivity contribution in [2.45, 2.75) is 32.1 Å². The van der Waals surface area contributed by atoms with Crippen LogP contribution in [0.3, 0.4) is 0 Å². The molecule has 106 valence electrons. The maximum Gasteiger partial charge on any atom is 0.142 e. The zero-order valence-corrected chi connectivity index (χ0v) is 11.7. The third kappa shape index (κ3) is 2.93. The summed E-state index contributed by atoms with van der Waals surface area (Å²) in [5.41, 5.74) is 0.0742. The number of hydrogen-bond acceptors (Lipinski definition) is 2. The molecule has 0 aromatic heterocycles. The van der Waals surface area contributed by atoms with Gasteiger partial charge in [-0.25, -0.2) is 4.39 Å². The van der Waals surface area contributed by atoms with Crippen LogP contribution >= 0.6 is 11.6 Å². The van der Waals surface area contributed by atoms with Crippen molar-refractivity contribution in [2.24, 2.45) is 11.3 Å². The zero-order valence-electron chi connectivity index (χ0n) is 10.9. The van der Waals surface area contributed by atoms with Gasteiger partial charge >= 0.3 is 0 Å². The molecule has 0 unspecified atom stereocenters. The molecule has 0 saturated heterocycles. The van der Waals surface area contributed by atoms with Crippen LogP contribution in [0.2, 0.25) is 5.02 Å². The Kier molecular flexibility index (Phi) is 4.82. The van der Waals surface area contributed by atoms with Crippen molar-refractivity contribution in [3.8, 4) is 0 Å². The van der Waals surface area contributed by atoms with E-state index in [2.05, 4.69) is 0 Å². The van der Waals surface area contributed by atoms with Gasteiger partial charge in [-0.15, -0.1) is 0 Å². The van der Waals surface area contributed by atoms with Crippen molar-refractivity contribution in [3.63, 3.8) is 0 Å². The van der Waals surface area contributed by atoms with Crippen molar-refractivity contribution in [1.29, 1.82) is 0 Å². The van der Waals surface area contributed by atoms with E-state index in [0.29, 0.717) is 12.0 Å². The summed E-state index contributed by atoms with van der Waals surface area (Å²) in [7, 11) is 0. The van der Waals surface area contributed by atoms with E-state index in [9.17, 15) is 14.6 Å². The van der Waals surface area contributed by atoms with Crippen molar-refractivity contribution >= 4 is 11.6 Å². The van der Waals surface area contributed by atoms with E-state index in [0.717, 1.165) is 25.7 Å². The highest BCUT2D eigenvalue weighted by Crippen LogP contribution is 2.42. The highest BCUT2D eigenvalue weighted by molar-refractivity contribution is 6.31. The quantitative estimate of drug-likeness (QED) is 0.873. The summed E-state index contributed by atoms with van der Waals surface area (Å²) in [6, 6.07) is 4.70. The van der Waals surface area contributed by atoms with E-state index in [1.54, 1.807) is 12.1 Å². The summed E-state index contributed by atoms with van der Waals surface area (Å²) in [6.45, 7) is -0.192. The lowest BCUT2D eigenvalue weighted by atomic mass is 9.71. The Morgan fingerprint density at radius 1 is 1.21 bits per heavy atom. The molecule has 0 bridgehead atoms. The van der Waals surface area contributed by atoms with Crippen LogP contribution in [0.1, 0.15) is 31.2 Å². The van der Waals surface area contributed by atoms with E-state index >= 15 is 0 Å². The molecule has 2 rings (SSSR count). The van der Waals surface area contributed by atoms with Crippen LogP contribution in [0.4, 0.5) is 4.39 Å².